The minimum Gasteiger partial charge on any atom is -0.508 e. The summed E-state index contributed by atoms with van der Waals surface area (Å²) in [5.41, 5.74) is 0.799. The molecule has 0 heterocycles. The highest BCUT2D eigenvalue weighted by Gasteiger charge is 2.11. The highest BCUT2D eigenvalue weighted by atomic mass is 16.3. The summed E-state index contributed by atoms with van der Waals surface area (Å²) in [6.07, 6.45) is 3.64. The maximum Gasteiger partial charge on any atom is 0.227 e. The summed E-state index contributed by atoms with van der Waals surface area (Å²) in [4.78, 5) is 13.6. The number of carbonyl (C=O) groups is 1. The number of benzene rings is 1. The van der Waals surface area contributed by atoms with Crippen LogP contribution in [0.15, 0.2) is 49.6 Å². The van der Waals surface area contributed by atoms with Gasteiger partial charge in [-0.2, -0.15) is 0 Å². The van der Waals surface area contributed by atoms with Gasteiger partial charge in [0.15, 0.2) is 0 Å². The Balaban J connectivity index is 2.68. The highest BCUT2D eigenvalue weighted by Crippen LogP contribution is 2.12. The van der Waals surface area contributed by atoms with E-state index >= 15 is 0 Å². The molecule has 0 atom stereocenters. The van der Waals surface area contributed by atoms with Crippen LogP contribution in [0.1, 0.15) is 5.56 Å². The Morgan fingerprint density at radius 2 is 1.94 bits per heavy atom. The van der Waals surface area contributed by atoms with Gasteiger partial charge in [-0.15, -0.1) is 13.2 Å². The van der Waals surface area contributed by atoms with Crippen LogP contribution in [0.4, 0.5) is 0 Å². The van der Waals surface area contributed by atoms with E-state index < -0.39 is 0 Å². The number of carbonyl (C=O) groups excluding carboxylic acids is 1. The Morgan fingerprint density at radius 1 is 1.29 bits per heavy atom. The first kappa shape index (κ1) is 13.0. The van der Waals surface area contributed by atoms with Crippen molar-refractivity contribution in [3.63, 3.8) is 0 Å². The van der Waals surface area contributed by atoms with Gasteiger partial charge < -0.3 is 10.0 Å². The van der Waals surface area contributed by atoms with E-state index in [4.69, 9.17) is 0 Å². The molecule has 1 rings (SSSR count). The Morgan fingerprint density at radius 3 is 2.47 bits per heavy atom. The molecule has 0 fully saturated rings. The monoisotopic (exact) mass is 231 g/mol. The third-order valence-corrected chi connectivity index (χ3v) is 2.32. The van der Waals surface area contributed by atoms with Gasteiger partial charge in [0.1, 0.15) is 5.75 Å². The first-order chi connectivity index (χ1) is 8.17. The van der Waals surface area contributed by atoms with Crippen molar-refractivity contribution in [2.45, 2.75) is 6.42 Å². The number of aromatic hydroxyl groups is 1. The molecule has 1 aromatic carbocycles. The molecule has 0 spiro atoms. The van der Waals surface area contributed by atoms with Crippen molar-refractivity contribution in [2.24, 2.45) is 0 Å². The van der Waals surface area contributed by atoms with Gasteiger partial charge in [-0.05, 0) is 17.7 Å². The first-order valence-electron chi connectivity index (χ1n) is 5.45. The summed E-state index contributed by atoms with van der Waals surface area (Å²) in [6.45, 7) is 8.24. The van der Waals surface area contributed by atoms with Gasteiger partial charge in [0.05, 0.1) is 6.42 Å². The molecule has 1 aromatic rings. The average molecular weight is 231 g/mol. The lowest BCUT2D eigenvalue weighted by molar-refractivity contribution is -0.129. The molecule has 3 heteroatoms. The molecule has 0 radical (unpaired) electrons. The summed E-state index contributed by atoms with van der Waals surface area (Å²) in [5, 5.41) is 9.31. The van der Waals surface area contributed by atoms with Crippen molar-refractivity contribution in [3.05, 3.63) is 55.1 Å². The molecule has 0 bridgehead atoms. The van der Waals surface area contributed by atoms with Crippen LogP contribution in [0.3, 0.4) is 0 Å². The van der Waals surface area contributed by atoms with E-state index in [9.17, 15) is 9.90 Å². The van der Waals surface area contributed by atoms with Crippen molar-refractivity contribution in [1.82, 2.24) is 4.90 Å². The van der Waals surface area contributed by atoms with Crippen LogP contribution in [-0.2, 0) is 11.2 Å². The van der Waals surface area contributed by atoms with E-state index in [0.717, 1.165) is 5.56 Å². The Kier molecular flexibility index (Phi) is 5.01. The van der Waals surface area contributed by atoms with Crippen molar-refractivity contribution in [1.29, 1.82) is 0 Å². The Hall–Kier alpha value is -2.03. The topological polar surface area (TPSA) is 40.5 Å². The van der Waals surface area contributed by atoms with Gasteiger partial charge in [0.25, 0.3) is 0 Å². The minimum atomic E-state index is -0.00426. The van der Waals surface area contributed by atoms with Crippen LogP contribution in [0, 0.1) is 0 Å². The third kappa shape index (κ3) is 4.15. The summed E-state index contributed by atoms with van der Waals surface area (Å²) < 4.78 is 0. The molecular formula is C14H17NO2. The summed E-state index contributed by atoms with van der Waals surface area (Å²) in [5.74, 6) is 0.171. The summed E-state index contributed by atoms with van der Waals surface area (Å²) in [7, 11) is 0. The van der Waals surface area contributed by atoms with E-state index in [2.05, 4.69) is 13.2 Å². The summed E-state index contributed by atoms with van der Waals surface area (Å²) in [6, 6.07) is 6.72. The number of phenolic OH excluding ortho intramolecular Hbond substituents is 1. The number of amides is 1. The van der Waals surface area contributed by atoms with Crippen LogP contribution >= 0.6 is 0 Å². The van der Waals surface area contributed by atoms with Gasteiger partial charge in [0, 0.05) is 13.1 Å². The SMILES string of the molecule is C=CCN(CC=C)C(=O)Cc1cccc(O)c1. The quantitative estimate of drug-likeness (QED) is 0.762. The number of hydrogen-bond acceptors (Lipinski definition) is 2. The maximum absolute atomic E-state index is 12.0. The zero-order valence-corrected chi connectivity index (χ0v) is 9.80. The number of phenols is 1. The van der Waals surface area contributed by atoms with Crippen molar-refractivity contribution < 1.29 is 9.90 Å². The molecular weight excluding hydrogens is 214 g/mol. The Labute approximate surface area is 102 Å². The zero-order chi connectivity index (χ0) is 12.7. The molecule has 0 saturated carbocycles. The van der Waals surface area contributed by atoms with E-state index in [1.165, 1.54) is 0 Å². The van der Waals surface area contributed by atoms with Gasteiger partial charge in [-0.25, -0.2) is 0 Å². The molecule has 0 aliphatic rings. The lowest BCUT2D eigenvalue weighted by Crippen LogP contribution is -2.32. The molecule has 0 unspecified atom stereocenters. The molecule has 0 saturated heterocycles. The lowest BCUT2D eigenvalue weighted by Gasteiger charge is -2.19. The van der Waals surface area contributed by atoms with Crippen molar-refractivity contribution >= 4 is 5.91 Å². The molecule has 90 valence electrons. The normalized spacial score (nSPS) is 9.65. The lowest BCUT2D eigenvalue weighted by atomic mass is 10.1. The smallest absolute Gasteiger partial charge is 0.227 e. The van der Waals surface area contributed by atoms with Gasteiger partial charge >= 0.3 is 0 Å². The number of nitrogens with zero attached hydrogens (tertiary/aromatic N) is 1. The van der Waals surface area contributed by atoms with Crippen molar-refractivity contribution in [3.8, 4) is 5.75 Å². The second-order valence-electron chi connectivity index (χ2n) is 3.72. The molecule has 0 aliphatic carbocycles. The fourth-order valence-electron chi connectivity index (χ4n) is 1.54. The van der Waals surface area contributed by atoms with Crippen LogP contribution in [0.25, 0.3) is 0 Å². The second kappa shape index (κ2) is 6.53. The molecule has 17 heavy (non-hydrogen) atoms. The number of rotatable bonds is 6. The van der Waals surface area contributed by atoms with Crippen LogP contribution < -0.4 is 0 Å². The third-order valence-electron chi connectivity index (χ3n) is 2.32. The van der Waals surface area contributed by atoms with Crippen LogP contribution in [0.5, 0.6) is 5.75 Å². The first-order valence-corrected chi connectivity index (χ1v) is 5.45. The molecule has 0 aromatic heterocycles. The number of hydrogen-bond donors (Lipinski definition) is 1. The van der Waals surface area contributed by atoms with Crippen LogP contribution in [0.2, 0.25) is 0 Å². The van der Waals surface area contributed by atoms with E-state index in [1.807, 2.05) is 6.07 Å². The summed E-state index contributed by atoms with van der Waals surface area (Å²) >= 11 is 0. The van der Waals surface area contributed by atoms with Gasteiger partial charge in [-0.1, -0.05) is 24.3 Å². The molecule has 0 aliphatic heterocycles. The second-order valence-corrected chi connectivity index (χ2v) is 3.72. The zero-order valence-electron chi connectivity index (χ0n) is 9.80. The standard InChI is InChI=1S/C14H17NO2/c1-3-8-15(9-4-2)14(17)11-12-6-5-7-13(16)10-12/h3-7,10,16H,1-2,8-9,11H2. The van der Waals surface area contributed by atoms with Crippen molar-refractivity contribution in [2.75, 3.05) is 13.1 Å². The van der Waals surface area contributed by atoms with Gasteiger partial charge in [-0.3, -0.25) is 4.79 Å². The predicted molar refractivity (Wildman–Crippen MR) is 68.8 cm³/mol. The van der Waals surface area contributed by atoms with E-state index in [0.29, 0.717) is 13.1 Å². The van der Waals surface area contributed by atoms with E-state index in [-0.39, 0.29) is 18.1 Å². The van der Waals surface area contributed by atoms with Crippen LogP contribution in [-0.4, -0.2) is 29.0 Å². The largest absolute Gasteiger partial charge is 0.508 e. The maximum atomic E-state index is 12.0. The molecule has 1 N–H and O–H groups in total. The predicted octanol–water partition coefficient (Wildman–Crippen LogP) is 2.14. The highest BCUT2D eigenvalue weighted by molar-refractivity contribution is 5.79. The van der Waals surface area contributed by atoms with Gasteiger partial charge in [0.2, 0.25) is 5.91 Å². The molecule has 1 amide bonds. The Bertz CT molecular complexity index is 402. The fraction of sp³-hybridized carbons (Fsp3) is 0.214. The average Bonchev–Trinajstić information content (AvgIpc) is 2.28. The minimum absolute atomic E-state index is 0.00426. The van der Waals surface area contributed by atoms with E-state index in [1.54, 1.807) is 35.3 Å². The fourth-order valence-corrected chi connectivity index (χ4v) is 1.54. The molecule has 3 nitrogen and oxygen atoms in total.